The molecule has 2 aromatic carbocycles. The molecule has 0 saturated heterocycles. The number of hydrogen-bond donors (Lipinski definition) is 2. The number of hydrogen-bond acceptors (Lipinski definition) is 5. The van der Waals surface area contributed by atoms with Crippen molar-refractivity contribution in [2.75, 3.05) is 5.32 Å². The number of rotatable bonds is 2. The molecule has 6 nitrogen and oxygen atoms in total. The molecule has 0 bridgehead atoms. The lowest BCUT2D eigenvalue weighted by Crippen LogP contribution is -1.99. The Bertz CT molecular complexity index is 1390. The van der Waals surface area contributed by atoms with Gasteiger partial charge in [0.1, 0.15) is 5.82 Å². The molecular weight excluding hydrogens is 367 g/mol. The van der Waals surface area contributed by atoms with Crippen molar-refractivity contribution in [1.29, 1.82) is 0 Å². The van der Waals surface area contributed by atoms with Crippen molar-refractivity contribution < 1.29 is 12.8 Å². The number of nitrogens with zero attached hydrogens (tertiary/aromatic N) is 2. The van der Waals surface area contributed by atoms with E-state index in [9.17, 15) is 12.8 Å². The summed E-state index contributed by atoms with van der Waals surface area (Å²) >= 11 is 0. The second-order valence-electron chi connectivity index (χ2n) is 6.41. The van der Waals surface area contributed by atoms with Crippen molar-refractivity contribution in [1.82, 2.24) is 15.2 Å². The van der Waals surface area contributed by atoms with Gasteiger partial charge in [0.05, 0.1) is 21.6 Å². The van der Waals surface area contributed by atoms with Crippen LogP contribution in [0.1, 0.15) is 12.5 Å². The SMILES string of the molecule is CC1=Cc2cc3nccc(Nc4n[nH]c5ccc(F)cc45)c3cc2S1(=O)=O. The molecule has 2 aromatic heterocycles. The number of sulfone groups is 1. The normalized spacial score (nSPS) is 15.1. The number of halogens is 1. The standard InChI is InChI=1S/C19H13FN4O2S/c1-10-6-11-7-17-13(9-18(11)27(10,25)26)15(4-5-21-17)22-19-14-8-12(20)2-3-16(14)23-24-19/h2-9H,1H3,(H2,21,22,23,24). The summed E-state index contributed by atoms with van der Waals surface area (Å²) in [5, 5.41) is 11.5. The van der Waals surface area contributed by atoms with E-state index in [1.807, 2.05) is 0 Å². The van der Waals surface area contributed by atoms with Gasteiger partial charge < -0.3 is 5.32 Å². The van der Waals surface area contributed by atoms with E-state index in [2.05, 4.69) is 20.5 Å². The molecule has 0 atom stereocenters. The minimum absolute atomic E-state index is 0.265. The Morgan fingerprint density at radius 1 is 1.11 bits per heavy atom. The molecule has 4 aromatic rings. The maximum Gasteiger partial charge on any atom is 0.203 e. The van der Waals surface area contributed by atoms with E-state index in [0.29, 0.717) is 43.8 Å². The van der Waals surface area contributed by atoms with Gasteiger partial charge >= 0.3 is 0 Å². The molecule has 0 radical (unpaired) electrons. The lowest BCUT2D eigenvalue weighted by atomic mass is 10.1. The molecule has 3 heterocycles. The number of allylic oxidation sites excluding steroid dienone is 1. The highest BCUT2D eigenvalue weighted by Crippen LogP contribution is 2.37. The Hall–Kier alpha value is -3.26. The number of H-pyrrole nitrogens is 1. The summed E-state index contributed by atoms with van der Waals surface area (Å²) in [5.74, 6) is 0.0895. The Morgan fingerprint density at radius 3 is 2.81 bits per heavy atom. The molecule has 0 unspecified atom stereocenters. The van der Waals surface area contributed by atoms with Gasteiger partial charge in [0, 0.05) is 21.9 Å². The quantitative estimate of drug-likeness (QED) is 0.546. The summed E-state index contributed by atoms with van der Waals surface area (Å²) in [6, 6.07) is 9.47. The molecule has 0 amide bonds. The Morgan fingerprint density at radius 2 is 1.96 bits per heavy atom. The molecule has 5 rings (SSSR count). The van der Waals surface area contributed by atoms with E-state index in [0.717, 1.165) is 0 Å². The molecule has 134 valence electrons. The third-order valence-electron chi connectivity index (χ3n) is 4.72. The van der Waals surface area contributed by atoms with E-state index in [1.54, 1.807) is 43.5 Å². The van der Waals surface area contributed by atoms with Crippen molar-refractivity contribution in [2.24, 2.45) is 0 Å². The molecule has 0 spiro atoms. The summed E-state index contributed by atoms with van der Waals surface area (Å²) in [6.07, 6.45) is 3.28. The van der Waals surface area contributed by atoms with Gasteiger partial charge in [-0.05, 0) is 55.0 Å². The third-order valence-corrected chi connectivity index (χ3v) is 6.62. The van der Waals surface area contributed by atoms with Gasteiger partial charge in [-0.25, -0.2) is 12.8 Å². The molecule has 0 aliphatic carbocycles. The number of aromatic nitrogens is 3. The van der Waals surface area contributed by atoms with Crippen LogP contribution in [0.15, 0.2) is 52.4 Å². The number of aromatic amines is 1. The van der Waals surface area contributed by atoms with Crippen LogP contribution < -0.4 is 5.32 Å². The Labute approximate surface area is 153 Å². The fourth-order valence-corrected chi connectivity index (χ4v) is 4.65. The zero-order chi connectivity index (χ0) is 18.8. The minimum atomic E-state index is -3.46. The smallest absolute Gasteiger partial charge is 0.203 e. The van der Waals surface area contributed by atoms with Crippen LogP contribution in [-0.4, -0.2) is 23.6 Å². The first-order chi connectivity index (χ1) is 12.9. The number of benzene rings is 2. The van der Waals surface area contributed by atoms with Crippen LogP contribution in [0, 0.1) is 5.82 Å². The average Bonchev–Trinajstić information content (AvgIpc) is 3.12. The first-order valence-corrected chi connectivity index (χ1v) is 9.68. The van der Waals surface area contributed by atoms with Crippen LogP contribution in [0.25, 0.3) is 27.9 Å². The van der Waals surface area contributed by atoms with Crippen LogP contribution in [0.3, 0.4) is 0 Å². The minimum Gasteiger partial charge on any atom is -0.338 e. The zero-order valence-corrected chi connectivity index (χ0v) is 14.9. The van der Waals surface area contributed by atoms with Gasteiger partial charge in [0.15, 0.2) is 5.82 Å². The predicted molar refractivity (Wildman–Crippen MR) is 102 cm³/mol. The van der Waals surface area contributed by atoms with Crippen LogP contribution in [0.4, 0.5) is 15.9 Å². The van der Waals surface area contributed by atoms with Crippen molar-refractivity contribution in [3.8, 4) is 0 Å². The lowest BCUT2D eigenvalue weighted by Gasteiger charge is -2.09. The van der Waals surface area contributed by atoms with E-state index in [1.165, 1.54) is 12.1 Å². The zero-order valence-electron chi connectivity index (χ0n) is 14.1. The first-order valence-electron chi connectivity index (χ1n) is 8.20. The summed E-state index contributed by atoms with van der Waals surface area (Å²) in [7, 11) is -3.46. The van der Waals surface area contributed by atoms with Crippen LogP contribution >= 0.6 is 0 Å². The number of pyridine rings is 1. The molecule has 0 fully saturated rings. The summed E-state index contributed by atoms with van der Waals surface area (Å²) in [5.41, 5.74) is 2.63. The number of fused-ring (bicyclic) bond motifs is 3. The molecule has 1 aliphatic rings. The maximum atomic E-state index is 13.6. The molecule has 2 N–H and O–H groups in total. The average molecular weight is 380 g/mol. The van der Waals surface area contributed by atoms with Crippen molar-refractivity contribution in [3.63, 3.8) is 0 Å². The maximum absolute atomic E-state index is 13.6. The third kappa shape index (κ3) is 2.33. The molecular formula is C19H13FN4O2S. The summed E-state index contributed by atoms with van der Waals surface area (Å²) < 4.78 is 38.6. The number of nitrogens with one attached hydrogen (secondary N) is 2. The largest absolute Gasteiger partial charge is 0.338 e. The van der Waals surface area contributed by atoms with Gasteiger partial charge in [0.25, 0.3) is 0 Å². The summed E-state index contributed by atoms with van der Waals surface area (Å²) in [6.45, 7) is 1.58. The fourth-order valence-electron chi connectivity index (χ4n) is 3.32. The monoisotopic (exact) mass is 380 g/mol. The van der Waals surface area contributed by atoms with E-state index < -0.39 is 9.84 Å². The molecule has 0 saturated carbocycles. The van der Waals surface area contributed by atoms with Crippen molar-refractivity contribution >= 4 is 49.2 Å². The number of anilines is 2. The Kier molecular flexibility index (Phi) is 3.17. The van der Waals surface area contributed by atoms with Crippen molar-refractivity contribution in [2.45, 2.75) is 11.8 Å². The highest BCUT2D eigenvalue weighted by atomic mass is 32.2. The topological polar surface area (TPSA) is 87.7 Å². The lowest BCUT2D eigenvalue weighted by molar-refractivity contribution is 0.603. The Balaban J connectivity index is 1.68. The van der Waals surface area contributed by atoms with Crippen LogP contribution in [0.5, 0.6) is 0 Å². The highest BCUT2D eigenvalue weighted by Gasteiger charge is 2.27. The van der Waals surface area contributed by atoms with Crippen molar-refractivity contribution in [3.05, 3.63) is 58.9 Å². The second kappa shape index (κ2) is 5.37. The van der Waals surface area contributed by atoms with Gasteiger partial charge in [-0.1, -0.05) is 0 Å². The van der Waals surface area contributed by atoms with Gasteiger partial charge in [-0.15, -0.1) is 0 Å². The fraction of sp³-hybridized carbons (Fsp3) is 0.0526. The summed E-state index contributed by atoms with van der Waals surface area (Å²) in [4.78, 5) is 4.93. The van der Waals surface area contributed by atoms with Crippen LogP contribution in [0.2, 0.25) is 0 Å². The molecule has 8 heteroatoms. The van der Waals surface area contributed by atoms with Gasteiger partial charge in [-0.3, -0.25) is 10.1 Å². The van der Waals surface area contributed by atoms with E-state index >= 15 is 0 Å². The van der Waals surface area contributed by atoms with Gasteiger partial charge in [-0.2, -0.15) is 5.10 Å². The van der Waals surface area contributed by atoms with Gasteiger partial charge in [0.2, 0.25) is 9.84 Å². The van der Waals surface area contributed by atoms with E-state index in [-0.39, 0.29) is 10.7 Å². The van der Waals surface area contributed by atoms with Crippen LogP contribution in [-0.2, 0) is 9.84 Å². The van der Waals surface area contributed by atoms with E-state index in [4.69, 9.17) is 0 Å². The first kappa shape index (κ1) is 16.0. The molecule has 1 aliphatic heterocycles. The predicted octanol–water partition coefficient (Wildman–Crippen LogP) is 4.14. The second-order valence-corrected chi connectivity index (χ2v) is 8.50. The highest BCUT2D eigenvalue weighted by molar-refractivity contribution is 7.95. The molecule has 27 heavy (non-hydrogen) atoms.